The highest BCUT2D eigenvalue weighted by Crippen LogP contribution is 2.23. The van der Waals surface area contributed by atoms with Gasteiger partial charge in [0.15, 0.2) is 0 Å². The summed E-state index contributed by atoms with van der Waals surface area (Å²) in [6.07, 6.45) is 3.09. The largest absolute Gasteiger partial charge is 0.310 e. The molecule has 0 spiro atoms. The van der Waals surface area contributed by atoms with Crippen LogP contribution >= 0.6 is 0 Å². The molecule has 108 valence electrons. The molecule has 2 rings (SSSR count). The summed E-state index contributed by atoms with van der Waals surface area (Å²) in [5.41, 5.74) is 5.06. The molecule has 1 N–H and O–H groups in total. The van der Waals surface area contributed by atoms with Crippen LogP contribution in [0.4, 0.5) is 0 Å². The smallest absolute Gasteiger partial charge is 0.0571 e. The lowest BCUT2D eigenvalue weighted by molar-refractivity contribution is 0.587. The first kappa shape index (κ1) is 14.8. The third-order valence-corrected chi connectivity index (χ3v) is 3.52. The zero-order chi connectivity index (χ0) is 14.5. The average Bonchev–Trinajstić information content (AvgIpc) is 2.79. The van der Waals surface area contributed by atoms with E-state index in [0.29, 0.717) is 6.04 Å². The summed E-state index contributed by atoms with van der Waals surface area (Å²) in [6, 6.07) is 9.29. The van der Waals surface area contributed by atoms with Crippen LogP contribution in [0.15, 0.2) is 30.5 Å². The van der Waals surface area contributed by atoms with Crippen LogP contribution < -0.4 is 5.32 Å². The van der Waals surface area contributed by atoms with E-state index in [-0.39, 0.29) is 0 Å². The van der Waals surface area contributed by atoms with Crippen molar-refractivity contribution in [2.24, 2.45) is 0 Å². The highest BCUT2D eigenvalue weighted by atomic mass is 15.3. The van der Waals surface area contributed by atoms with E-state index in [1.54, 1.807) is 0 Å². The molecular weight excluding hydrogens is 246 g/mol. The summed E-state index contributed by atoms with van der Waals surface area (Å²) in [7, 11) is 0. The van der Waals surface area contributed by atoms with E-state index in [9.17, 15) is 0 Å². The first-order valence-electron chi connectivity index (χ1n) is 7.47. The Hall–Kier alpha value is -1.61. The van der Waals surface area contributed by atoms with Crippen LogP contribution in [-0.4, -0.2) is 15.8 Å². The molecule has 0 saturated carbocycles. The molecule has 3 heteroatoms. The molecule has 0 aliphatic rings. The first-order chi connectivity index (χ1) is 9.61. The Morgan fingerprint density at radius 2 is 1.90 bits per heavy atom. The molecule has 1 aromatic carbocycles. The Labute approximate surface area is 122 Å². The quantitative estimate of drug-likeness (QED) is 0.867. The molecule has 0 aliphatic carbocycles. The minimum Gasteiger partial charge on any atom is -0.310 e. The van der Waals surface area contributed by atoms with Crippen LogP contribution in [0.5, 0.6) is 0 Å². The second-order valence-corrected chi connectivity index (χ2v) is 5.60. The average molecular weight is 271 g/mol. The highest BCUT2D eigenvalue weighted by Gasteiger charge is 2.08. The first-order valence-corrected chi connectivity index (χ1v) is 7.47. The monoisotopic (exact) mass is 271 g/mol. The Balaban J connectivity index is 2.13. The Morgan fingerprint density at radius 1 is 1.20 bits per heavy atom. The van der Waals surface area contributed by atoms with Gasteiger partial charge < -0.3 is 5.32 Å². The van der Waals surface area contributed by atoms with Gasteiger partial charge in [-0.3, -0.25) is 4.68 Å². The molecule has 3 nitrogen and oxygen atoms in total. The van der Waals surface area contributed by atoms with E-state index < -0.39 is 0 Å². The van der Waals surface area contributed by atoms with Crippen molar-refractivity contribution in [3.8, 4) is 11.1 Å². The van der Waals surface area contributed by atoms with Crippen molar-refractivity contribution in [2.75, 3.05) is 0 Å². The third kappa shape index (κ3) is 3.48. The van der Waals surface area contributed by atoms with Crippen LogP contribution in [0.1, 0.15) is 38.4 Å². The fraction of sp³-hybridized carbons (Fsp3) is 0.471. The number of hydrogen-bond acceptors (Lipinski definition) is 2. The summed E-state index contributed by atoms with van der Waals surface area (Å²) in [4.78, 5) is 0. The Morgan fingerprint density at radius 3 is 2.50 bits per heavy atom. The van der Waals surface area contributed by atoms with E-state index in [1.807, 2.05) is 6.20 Å². The van der Waals surface area contributed by atoms with Crippen molar-refractivity contribution in [3.05, 3.63) is 41.7 Å². The number of aryl methyl sites for hydroxylation is 1. The van der Waals surface area contributed by atoms with Gasteiger partial charge in [0.05, 0.1) is 6.20 Å². The predicted octanol–water partition coefficient (Wildman–Crippen LogP) is 3.77. The van der Waals surface area contributed by atoms with Crippen LogP contribution in [0, 0.1) is 6.92 Å². The fourth-order valence-electron chi connectivity index (χ4n) is 2.29. The number of rotatable bonds is 6. The molecule has 0 fully saturated rings. The summed E-state index contributed by atoms with van der Waals surface area (Å²) >= 11 is 0. The van der Waals surface area contributed by atoms with Gasteiger partial charge in [0.1, 0.15) is 0 Å². The number of benzene rings is 1. The molecule has 0 amide bonds. The summed E-state index contributed by atoms with van der Waals surface area (Å²) in [5, 5.41) is 7.90. The van der Waals surface area contributed by atoms with E-state index >= 15 is 0 Å². The minimum absolute atomic E-state index is 0.518. The molecule has 0 saturated heterocycles. The second kappa shape index (κ2) is 6.71. The van der Waals surface area contributed by atoms with Crippen LogP contribution in [0.2, 0.25) is 0 Å². The van der Waals surface area contributed by atoms with E-state index in [4.69, 9.17) is 0 Å². The van der Waals surface area contributed by atoms with Gasteiger partial charge in [-0.05, 0) is 24.5 Å². The minimum atomic E-state index is 0.518. The van der Waals surface area contributed by atoms with Crippen LogP contribution in [0.3, 0.4) is 0 Å². The van der Waals surface area contributed by atoms with Gasteiger partial charge in [-0.1, -0.05) is 45.0 Å². The molecule has 2 aromatic rings. The zero-order valence-electron chi connectivity index (χ0n) is 13.0. The summed E-state index contributed by atoms with van der Waals surface area (Å²) in [5.74, 6) is 0. The molecule has 0 radical (unpaired) electrons. The molecule has 0 unspecified atom stereocenters. The van der Waals surface area contributed by atoms with Gasteiger partial charge in [0.25, 0.3) is 0 Å². The van der Waals surface area contributed by atoms with Gasteiger partial charge in [-0.15, -0.1) is 0 Å². The number of nitrogens with zero attached hydrogens (tertiary/aromatic N) is 2. The van der Waals surface area contributed by atoms with Gasteiger partial charge in [-0.2, -0.15) is 5.10 Å². The molecule has 20 heavy (non-hydrogen) atoms. The Kier molecular flexibility index (Phi) is 4.96. The maximum atomic E-state index is 4.47. The molecular formula is C17H25N3. The SMILES string of the molecule is CCCn1ncc(-c2ccc(CNC(C)C)cc2)c1C. The molecule has 0 atom stereocenters. The van der Waals surface area contributed by atoms with E-state index in [1.165, 1.54) is 22.4 Å². The van der Waals surface area contributed by atoms with E-state index in [2.05, 4.69) is 67.1 Å². The standard InChI is InChI=1S/C17H25N3/c1-5-10-20-14(4)17(12-19-20)16-8-6-15(7-9-16)11-18-13(2)3/h6-9,12-13,18H,5,10-11H2,1-4H3. The number of hydrogen-bond donors (Lipinski definition) is 1. The lowest BCUT2D eigenvalue weighted by Crippen LogP contribution is -2.21. The van der Waals surface area contributed by atoms with Gasteiger partial charge in [0, 0.05) is 30.4 Å². The van der Waals surface area contributed by atoms with Crippen molar-refractivity contribution in [1.82, 2.24) is 15.1 Å². The topological polar surface area (TPSA) is 29.9 Å². The summed E-state index contributed by atoms with van der Waals surface area (Å²) < 4.78 is 2.09. The van der Waals surface area contributed by atoms with Crippen LogP contribution in [0.25, 0.3) is 11.1 Å². The van der Waals surface area contributed by atoms with Gasteiger partial charge in [0.2, 0.25) is 0 Å². The van der Waals surface area contributed by atoms with Gasteiger partial charge >= 0.3 is 0 Å². The van der Waals surface area contributed by atoms with E-state index in [0.717, 1.165) is 19.5 Å². The van der Waals surface area contributed by atoms with Crippen molar-refractivity contribution in [1.29, 1.82) is 0 Å². The predicted molar refractivity (Wildman–Crippen MR) is 84.7 cm³/mol. The maximum Gasteiger partial charge on any atom is 0.0571 e. The lowest BCUT2D eigenvalue weighted by Gasteiger charge is -2.09. The molecule has 1 aromatic heterocycles. The van der Waals surface area contributed by atoms with Crippen molar-refractivity contribution in [3.63, 3.8) is 0 Å². The zero-order valence-corrected chi connectivity index (χ0v) is 13.0. The lowest BCUT2D eigenvalue weighted by atomic mass is 10.0. The second-order valence-electron chi connectivity index (χ2n) is 5.60. The number of aromatic nitrogens is 2. The van der Waals surface area contributed by atoms with Crippen molar-refractivity contribution in [2.45, 2.75) is 53.2 Å². The van der Waals surface area contributed by atoms with Gasteiger partial charge in [-0.25, -0.2) is 0 Å². The normalized spacial score (nSPS) is 11.2. The maximum absolute atomic E-state index is 4.47. The highest BCUT2D eigenvalue weighted by molar-refractivity contribution is 5.65. The third-order valence-electron chi connectivity index (χ3n) is 3.52. The van der Waals surface area contributed by atoms with Crippen LogP contribution in [-0.2, 0) is 13.1 Å². The Bertz CT molecular complexity index is 538. The molecule has 1 heterocycles. The molecule has 0 aliphatic heterocycles. The number of nitrogens with one attached hydrogen (secondary N) is 1. The summed E-state index contributed by atoms with van der Waals surface area (Å²) in [6.45, 7) is 10.6. The molecule has 0 bridgehead atoms. The van der Waals surface area contributed by atoms with Crippen molar-refractivity contribution >= 4 is 0 Å². The fourth-order valence-corrected chi connectivity index (χ4v) is 2.29. The van der Waals surface area contributed by atoms with Crippen molar-refractivity contribution < 1.29 is 0 Å².